The molecule has 0 saturated heterocycles. The van der Waals surface area contributed by atoms with E-state index in [2.05, 4.69) is 98.9 Å². The molecule has 0 bridgehead atoms. The molecule has 230 valence electrons. The zero-order chi connectivity index (χ0) is 31.7. The highest BCUT2D eigenvalue weighted by atomic mass is 127. The number of aryl methyl sites for hydroxylation is 2. The fourth-order valence-electron chi connectivity index (χ4n) is 5.78. The second kappa shape index (κ2) is 13.2. The van der Waals surface area contributed by atoms with E-state index in [0.29, 0.717) is 23.3 Å². The van der Waals surface area contributed by atoms with E-state index in [4.69, 9.17) is 13.9 Å². The van der Waals surface area contributed by atoms with Crippen molar-refractivity contribution >= 4 is 62.1 Å². The Morgan fingerprint density at radius 3 is 2.00 bits per heavy atom. The molecule has 1 atom stereocenters. The number of hydrogen-bond donors (Lipinski definition) is 0. The first-order chi connectivity index (χ1) is 19.2. The lowest BCUT2D eigenvalue weighted by Gasteiger charge is -2.38. The van der Waals surface area contributed by atoms with Crippen LogP contribution in [0.15, 0.2) is 51.7 Å². The normalized spacial score (nSPS) is 13.7. The standard InChI is InChI=1S/C35H46I2O5/c1-11-22-14-13-15-23(12-2)29(22)26-19-24-18-25(16-17-28(24)40-30(26)38)41-33(5,6)21-34(7,8)42-31(39)27(35(9,10)37)20-32(3,4)36/h13-19,27H,11-12,20-21H2,1-10H3. The van der Waals surface area contributed by atoms with Crippen LogP contribution in [0.4, 0.5) is 0 Å². The molecular weight excluding hydrogens is 754 g/mol. The van der Waals surface area contributed by atoms with Crippen LogP contribution in [-0.2, 0) is 22.4 Å². The summed E-state index contributed by atoms with van der Waals surface area (Å²) in [6, 6.07) is 13.6. The summed E-state index contributed by atoms with van der Waals surface area (Å²) in [7, 11) is 0. The summed E-state index contributed by atoms with van der Waals surface area (Å²) in [6.45, 7) is 20.5. The maximum absolute atomic E-state index is 13.4. The van der Waals surface area contributed by atoms with E-state index in [-0.39, 0.29) is 24.4 Å². The number of esters is 1. The molecule has 0 fully saturated rings. The van der Waals surface area contributed by atoms with E-state index < -0.39 is 11.2 Å². The van der Waals surface area contributed by atoms with Crippen molar-refractivity contribution < 1.29 is 18.7 Å². The first kappa shape index (κ1) is 34.9. The van der Waals surface area contributed by atoms with E-state index in [1.165, 1.54) is 0 Å². The third-order valence-electron chi connectivity index (χ3n) is 7.40. The fraction of sp³-hybridized carbons (Fsp3) is 0.543. The minimum absolute atomic E-state index is 0.0256. The first-order valence-corrected chi connectivity index (χ1v) is 16.9. The second-order valence-corrected chi connectivity index (χ2v) is 19.3. The Morgan fingerprint density at radius 2 is 1.48 bits per heavy atom. The van der Waals surface area contributed by atoms with Crippen LogP contribution < -0.4 is 10.4 Å². The van der Waals surface area contributed by atoms with Crippen LogP contribution in [0.1, 0.15) is 93.2 Å². The van der Waals surface area contributed by atoms with Crippen molar-refractivity contribution in [2.24, 2.45) is 5.92 Å². The van der Waals surface area contributed by atoms with Gasteiger partial charge in [0, 0.05) is 18.7 Å². The largest absolute Gasteiger partial charge is 0.488 e. The Labute approximate surface area is 278 Å². The van der Waals surface area contributed by atoms with E-state index >= 15 is 0 Å². The number of ether oxygens (including phenoxy) is 2. The number of alkyl halides is 2. The van der Waals surface area contributed by atoms with Gasteiger partial charge in [-0.15, -0.1) is 0 Å². The van der Waals surface area contributed by atoms with Crippen molar-refractivity contribution in [3.05, 3.63) is 64.0 Å². The molecule has 0 radical (unpaired) electrons. The molecule has 1 aromatic heterocycles. The van der Waals surface area contributed by atoms with Gasteiger partial charge >= 0.3 is 11.6 Å². The number of benzene rings is 2. The number of carbonyl (C=O) groups excluding carboxylic acids is 1. The van der Waals surface area contributed by atoms with Crippen LogP contribution in [0.25, 0.3) is 22.1 Å². The lowest BCUT2D eigenvalue weighted by Crippen LogP contribution is -2.44. The summed E-state index contributed by atoms with van der Waals surface area (Å²) in [5.41, 5.74) is 2.58. The molecule has 0 saturated carbocycles. The molecule has 7 heteroatoms. The van der Waals surface area contributed by atoms with Gasteiger partial charge in [-0.05, 0) is 102 Å². The number of hydrogen-bond acceptors (Lipinski definition) is 5. The topological polar surface area (TPSA) is 65.7 Å². The second-order valence-electron chi connectivity index (χ2n) is 13.6. The quantitative estimate of drug-likeness (QED) is 0.0791. The van der Waals surface area contributed by atoms with Crippen molar-refractivity contribution in [2.45, 2.75) is 113 Å². The molecule has 3 aromatic rings. The van der Waals surface area contributed by atoms with E-state index in [1.807, 2.05) is 52.0 Å². The van der Waals surface area contributed by atoms with E-state index in [0.717, 1.165) is 41.3 Å². The van der Waals surface area contributed by atoms with Gasteiger partial charge in [0.15, 0.2) is 0 Å². The van der Waals surface area contributed by atoms with Crippen LogP contribution in [-0.4, -0.2) is 24.0 Å². The van der Waals surface area contributed by atoms with Gasteiger partial charge in [0.05, 0.1) is 11.5 Å². The smallest absolute Gasteiger partial charge is 0.344 e. The summed E-state index contributed by atoms with van der Waals surface area (Å²) in [4.78, 5) is 26.5. The Bertz CT molecular complexity index is 1450. The lowest BCUT2D eigenvalue weighted by molar-refractivity contribution is -0.166. The highest BCUT2D eigenvalue weighted by molar-refractivity contribution is 14.1. The average Bonchev–Trinajstić information content (AvgIpc) is 2.84. The Kier molecular flexibility index (Phi) is 10.9. The maximum atomic E-state index is 13.4. The predicted molar refractivity (Wildman–Crippen MR) is 190 cm³/mol. The zero-order valence-electron chi connectivity index (χ0n) is 26.7. The lowest BCUT2D eigenvalue weighted by atomic mass is 9.86. The molecule has 0 N–H and O–H groups in total. The molecule has 1 heterocycles. The van der Waals surface area contributed by atoms with Crippen LogP contribution >= 0.6 is 45.2 Å². The number of fused-ring (bicyclic) bond motifs is 1. The number of carbonyl (C=O) groups is 1. The Morgan fingerprint density at radius 1 is 0.881 bits per heavy atom. The van der Waals surface area contributed by atoms with Gasteiger partial charge in [-0.2, -0.15) is 0 Å². The monoisotopic (exact) mass is 800 g/mol. The Hall–Kier alpha value is -1.62. The van der Waals surface area contributed by atoms with Crippen LogP contribution in [0, 0.1) is 5.92 Å². The first-order valence-electron chi connectivity index (χ1n) is 14.7. The minimum Gasteiger partial charge on any atom is -0.488 e. The third-order valence-corrected chi connectivity index (χ3v) is 8.59. The molecule has 1 unspecified atom stereocenters. The molecule has 0 aliphatic carbocycles. The van der Waals surface area contributed by atoms with Crippen molar-refractivity contribution in [3.63, 3.8) is 0 Å². The summed E-state index contributed by atoms with van der Waals surface area (Å²) in [5.74, 6) is 0.252. The van der Waals surface area contributed by atoms with Crippen LogP contribution in [0.2, 0.25) is 0 Å². The molecule has 0 aliphatic heterocycles. The van der Waals surface area contributed by atoms with Gasteiger partial charge in [0.2, 0.25) is 0 Å². The molecule has 2 aromatic carbocycles. The molecule has 0 aliphatic rings. The van der Waals surface area contributed by atoms with E-state index in [9.17, 15) is 9.59 Å². The summed E-state index contributed by atoms with van der Waals surface area (Å²) in [6.07, 6.45) is 2.87. The van der Waals surface area contributed by atoms with Crippen molar-refractivity contribution in [1.82, 2.24) is 0 Å². The highest BCUT2D eigenvalue weighted by Gasteiger charge is 2.41. The van der Waals surface area contributed by atoms with Gasteiger partial charge in [-0.25, -0.2) is 4.79 Å². The maximum Gasteiger partial charge on any atom is 0.344 e. The van der Waals surface area contributed by atoms with Gasteiger partial charge in [-0.3, -0.25) is 4.79 Å². The van der Waals surface area contributed by atoms with E-state index in [1.54, 1.807) is 6.07 Å². The van der Waals surface area contributed by atoms with Crippen LogP contribution in [0.3, 0.4) is 0 Å². The number of rotatable bonds is 12. The van der Waals surface area contributed by atoms with Gasteiger partial charge < -0.3 is 13.9 Å². The van der Waals surface area contributed by atoms with Crippen LogP contribution in [0.5, 0.6) is 5.75 Å². The average molecular weight is 801 g/mol. The number of halogens is 2. The third kappa shape index (κ3) is 9.19. The minimum atomic E-state index is -0.743. The molecule has 3 rings (SSSR count). The molecule has 42 heavy (non-hydrogen) atoms. The molecule has 5 nitrogen and oxygen atoms in total. The van der Waals surface area contributed by atoms with Gasteiger partial charge in [0.25, 0.3) is 0 Å². The zero-order valence-corrected chi connectivity index (χ0v) is 31.1. The highest BCUT2D eigenvalue weighted by Crippen LogP contribution is 2.39. The van der Waals surface area contributed by atoms with Crippen molar-refractivity contribution in [2.75, 3.05) is 0 Å². The summed E-state index contributed by atoms with van der Waals surface area (Å²) in [5, 5.41) is 0.796. The van der Waals surface area contributed by atoms with Crippen molar-refractivity contribution in [3.8, 4) is 16.9 Å². The van der Waals surface area contributed by atoms with Gasteiger partial charge in [-0.1, -0.05) is 91.1 Å². The summed E-state index contributed by atoms with van der Waals surface area (Å²) < 4.78 is 18.2. The Balaban J connectivity index is 1.87. The van der Waals surface area contributed by atoms with Crippen molar-refractivity contribution in [1.29, 1.82) is 0 Å². The van der Waals surface area contributed by atoms with Gasteiger partial charge in [0.1, 0.15) is 22.5 Å². The molecule has 0 spiro atoms. The summed E-state index contributed by atoms with van der Waals surface area (Å²) >= 11 is 4.76. The fourth-order valence-corrected chi connectivity index (χ4v) is 6.69. The SMILES string of the molecule is CCc1cccc(CC)c1-c1cc2cc(OC(C)(C)CC(C)(C)OC(=O)C(CC(C)(C)I)C(C)(C)I)ccc2oc1=O. The molecule has 0 amide bonds. The molecular formula is C35H46I2O5. The predicted octanol–water partition coefficient (Wildman–Crippen LogP) is 9.89.